The minimum absolute atomic E-state index is 0.289. The summed E-state index contributed by atoms with van der Waals surface area (Å²) in [7, 11) is 1.79. The molecule has 0 saturated heterocycles. The van der Waals surface area contributed by atoms with E-state index in [1.807, 2.05) is 20.8 Å². The maximum absolute atomic E-state index is 12.3. The van der Waals surface area contributed by atoms with Crippen LogP contribution in [0.2, 0.25) is 0 Å². The van der Waals surface area contributed by atoms with E-state index in [-0.39, 0.29) is 12.1 Å². The van der Waals surface area contributed by atoms with Gasteiger partial charge in [-0.1, -0.05) is 0 Å². The van der Waals surface area contributed by atoms with E-state index in [1.165, 1.54) is 0 Å². The first-order chi connectivity index (χ1) is 9.52. The van der Waals surface area contributed by atoms with Crippen molar-refractivity contribution < 1.29 is 14.3 Å². The summed E-state index contributed by atoms with van der Waals surface area (Å²) in [5.41, 5.74) is 1.92. The first-order valence-electron chi connectivity index (χ1n) is 6.61. The molecule has 0 aliphatic heterocycles. The minimum Gasteiger partial charge on any atom is -0.457 e. The molecule has 1 unspecified atom stereocenters. The summed E-state index contributed by atoms with van der Waals surface area (Å²) in [6, 6.07) is 1.72. The second kappa shape index (κ2) is 6.00. The molecule has 0 bridgehead atoms. The second-order valence-corrected chi connectivity index (χ2v) is 4.69. The first-order valence-corrected chi connectivity index (χ1v) is 6.61. The van der Waals surface area contributed by atoms with Gasteiger partial charge in [-0.2, -0.15) is 5.10 Å². The Morgan fingerprint density at radius 3 is 2.95 bits per heavy atom. The molecule has 6 nitrogen and oxygen atoms in total. The number of aromatic nitrogens is 3. The Morgan fingerprint density at radius 1 is 1.50 bits per heavy atom. The van der Waals surface area contributed by atoms with Gasteiger partial charge in [0.15, 0.2) is 5.65 Å². The molecule has 0 spiro atoms. The average molecular weight is 277 g/mol. The number of esters is 1. The summed E-state index contributed by atoms with van der Waals surface area (Å²) in [6.07, 6.45) is 1.34. The molecule has 0 aromatic carbocycles. The zero-order valence-corrected chi connectivity index (χ0v) is 12.2. The van der Waals surface area contributed by atoms with Gasteiger partial charge in [0.1, 0.15) is 6.10 Å². The van der Waals surface area contributed by atoms with E-state index >= 15 is 0 Å². The van der Waals surface area contributed by atoms with Gasteiger partial charge in [-0.25, -0.2) is 9.78 Å². The van der Waals surface area contributed by atoms with Gasteiger partial charge >= 0.3 is 5.97 Å². The summed E-state index contributed by atoms with van der Waals surface area (Å²) in [5.74, 6) is -0.374. The Labute approximate surface area is 117 Å². The van der Waals surface area contributed by atoms with Gasteiger partial charge in [0.05, 0.1) is 23.8 Å². The van der Waals surface area contributed by atoms with Gasteiger partial charge < -0.3 is 9.47 Å². The van der Waals surface area contributed by atoms with Crippen LogP contribution in [0.15, 0.2) is 12.3 Å². The third kappa shape index (κ3) is 2.96. The number of aryl methyl sites for hydroxylation is 2. The highest BCUT2D eigenvalue weighted by atomic mass is 16.6. The summed E-state index contributed by atoms with van der Waals surface area (Å²) in [5, 5.41) is 4.83. The van der Waals surface area contributed by atoms with E-state index in [0.717, 1.165) is 5.69 Å². The zero-order valence-electron chi connectivity index (χ0n) is 12.2. The zero-order chi connectivity index (χ0) is 14.7. The van der Waals surface area contributed by atoms with Crippen molar-refractivity contribution >= 4 is 17.0 Å². The Hall–Kier alpha value is -1.95. The smallest absolute Gasteiger partial charge is 0.339 e. The second-order valence-electron chi connectivity index (χ2n) is 4.69. The van der Waals surface area contributed by atoms with E-state index in [0.29, 0.717) is 29.8 Å². The average Bonchev–Trinajstić information content (AvgIpc) is 2.77. The Morgan fingerprint density at radius 2 is 2.25 bits per heavy atom. The molecule has 0 aliphatic rings. The lowest BCUT2D eigenvalue weighted by Gasteiger charge is -2.13. The topological polar surface area (TPSA) is 66.2 Å². The Kier molecular flexibility index (Phi) is 4.34. The molecule has 20 heavy (non-hydrogen) atoms. The lowest BCUT2D eigenvalue weighted by atomic mass is 10.1. The fraction of sp³-hybridized carbons (Fsp3) is 0.500. The Bertz CT molecular complexity index is 621. The number of rotatable bonds is 5. The van der Waals surface area contributed by atoms with Crippen LogP contribution < -0.4 is 0 Å². The maximum atomic E-state index is 12.3. The van der Waals surface area contributed by atoms with Crippen LogP contribution in [0.5, 0.6) is 0 Å². The van der Waals surface area contributed by atoms with Crippen LogP contribution in [0, 0.1) is 6.92 Å². The van der Waals surface area contributed by atoms with E-state index in [1.54, 1.807) is 24.0 Å². The lowest BCUT2D eigenvalue weighted by Crippen LogP contribution is -2.20. The predicted molar refractivity (Wildman–Crippen MR) is 74.6 cm³/mol. The number of hydrogen-bond acceptors (Lipinski definition) is 5. The minimum atomic E-state index is -0.374. The molecule has 0 saturated carbocycles. The number of nitrogens with zero attached hydrogens (tertiary/aromatic N) is 3. The van der Waals surface area contributed by atoms with Gasteiger partial charge in [-0.3, -0.25) is 4.68 Å². The summed E-state index contributed by atoms with van der Waals surface area (Å²) in [6.45, 7) is 6.54. The SMILES string of the molecule is CCOCC(C)OC(=O)c1cc(C)nc2c1cnn2C. The number of carbonyl (C=O) groups excluding carboxylic acids is 1. The molecule has 0 radical (unpaired) electrons. The number of carbonyl (C=O) groups is 1. The fourth-order valence-corrected chi connectivity index (χ4v) is 1.97. The highest BCUT2D eigenvalue weighted by Crippen LogP contribution is 2.19. The molecule has 0 amide bonds. The van der Waals surface area contributed by atoms with Crippen LogP contribution in [0.25, 0.3) is 11.0 Å². The van der Waals surface area contributed by atoms with Gasteiger partial charge in [0.25, 0.3) is 0 Å². The monoisotopic (exact) mass is 277 g/mol. The standard InChI is InChI=1S/C14H19N3O3/c1-5-19-8-10(3)20-14(18)11-6-9(2)16-13-12(11)7-15-17(13)4/h6-7,10H,5,8H2,1-4H3. The molecule has 6 heteroatoms. The first kappa shape index (κ1) is 14.5. The van der Waals surface area contributed by atoms with Crippen molar-refractivity contribution in [1.29, 1.82) is 0 Å². The van der Waals surface area contributed by atoms with Crippen molar-refractivity contribution in [2.24, 2.45) is 7.05 Å². The number of hydrogen-bond donors (Lipinski definition) is 0. The van der Waals surface area contributed by atoms with Crippen molar-refractivity contribution in [2.75, 3.05) is 13.2 Å². The molecule has 2 aromatic heterocycles. The van der Waals surface area contributed by atoms with Crippen LogP contribution in [-0.2, 0) is 16.5 Å². The number of ether oxygens (including phenoxy) is 2. The van der Waals surface area contributed by atoms with Crippen LogP contribution in [-0.4, -0.2) is 40.1 Å². The van der Waals surface area contributed by atoms with Gasteiger partial charge in [-0.05, 0) is 26.8 Å². The van der Waals surface area contributed by atoms with E-state index < -0.39 is 0 Å². The largest absolute Gasteiger partial charge is 0.457 e. The van der Waals surface area contributed by atoms with Crippen molar-refractivity contribution in [3.63, 3.8) is 0 Å². The molecular formula is C14H19N3O3. The molecule has 2 aromatic rings. The molecular weight excluding hydrogens is 258 g/mol. The molecule has 0 fully saturated rings. The normalized spacial score (nSPS) is 12.6. The van der Waals surface area contributed by atoms with Crippen LogP contribution in [0.1, 0.15) is 29.9 Å². The molecule has 108 valence electrons. The summed E-state index contributed by atoms with van der Waals surface area (Å²) >= 11 is 0. The number of fused-ring (bicyclic) bond motifs is 1. The molecule has 0 aliphatic carbocycles. The Balaban J connectivity index is 2.25. The van der Waals surface area contributed by atoms with Crippen LogP contribution in [0.3, 0.4) is 0 Å². The molecule has 2 rings (SSSR count). The third-order valence-electron chi connectivity index (χ3n) is 2.92. The maximum Gasteiger partial charge on any atom is 0.339 e. The predicted octanol–water partition coefficient (Wildman–Crippen LogP) is 1.86. The molecule has 0 N–H and O–H groups in total. The van der Waals surface area contributed by atoms with Gasteiger partial charge in [-0.15, -0.1) is 0 Å². The van der Waals surface area contributed by atoms with E-state index in [9.17, 15) is 4.79 Å². The third-order valence-corrected chi connectivity index (χ3v) is 2.92. The number of pyridine rings is 1. The molecule has 2 heterocycles. The fourth-order valence-electron chi connectivity index (χ4n) is 1.97. The summed E-state index contributed by atoms with van der Waals surface area (Å²) in [4.78, 5) is 16.6. The highest BCUT2D eigenvalue weighted by molar-refractivity contribution is 6.02. The van der Waals surface area contributed by atoms with E-state index in [4.69, 9.17) is 9.47 Å². The van der Waals surface area contributed by atoms with Crippen molar-refractivity contribution in [3.8, 4) is 0 Å². The quantitative estimate of drug-likeness (QED) is 0.780. The van der Waals surface area contributed by atoms with Crippen LogP contribution in [0.4, 0.5) is 0 Å². The van der Waals surface area contributed by atoms with Crippen molar-refractivity contribution in [2.45, 2.75) is 26.9 Å². The summed E-state index contributed by atoms with van der Waals surface area (Å²) < 4.78 is 12.3. The van der Waals surface area contributed by atoms with E-state index in [2.05, 4.69) is 10.1 Å². The highest BCUT2D eigenvalue weighted by Gasteiger charge is 2.18. The van der Waals surface area contributed by atoms with Gasteiger partial charge in [0, 0.05) is 19.3 Å². The lowest BCUT2D eigenvalue weighted by molar-refractivity contribution is 0.00456. The van der Waals surface area contributed by atoms with Gasteiger partial charge in [0.2, 0.25) is 0 Å². The van der Waals surface area contributed by atoms with Crippen molar-refractivity contribution in [3.05, 3.63) is 23.5 Å². The molecule has 1 atom stereocenters. The van der Waals surface area contributed by atoms with Crippen molar-refractivity contribution in [1.82, 2.24) is 14.8 Å². The van der Waals surface area contributed by atoms with Crippen LogP contribution >= 0.6 is 0 Å².